The minimum Gasteiger partial charge on any atom is -0.464 e. The van der Waals surface area contributed by atoms with Crippen molar-refractivity contribution in [1.29, 1.82) is 0 Å². The maximum Gasteiger partial charge on any atom is 4.00 e. The minimum atomic E-state index is -0.874. The standard InChI is InChI=1S/2C16H10F2NO2.2C5H5.Ti/c2*1-21-16(20)15-8-10-4-2-3-5-13(10)19(15)14-7-6-11(17)9-12(14)18;2*1-2-4-5-3-1;/h2*2-8H,1H3;2*1-5H;/q4*-1;+4. The number of carbonyl (C=O) groups is 2. The fourth-order valence-corrected chi connectivity index (χ4v) is 5.20. The van der Waals surface area contributed by atoms with Crippen LogP contribution in [0, 0.1) is 35.4 Å². The van der Waals surface area contributed by atoms with E-state index in [1.54, 1.807) is 60.7 Å². The first-order chi connectivity index (χ1) is 25.2. The molecule has 6 nitrogen and oxygen atoms in total. The van der Waals surface area contributed by atoms with Gasteiger partial charge >= 0.3 is 33.7 Å². The van der Waals surface area contributed by atoms with Gasteiger partial charge in [-0.2, -0.15) is 36.4 Å². The van der Waals surface area contributed by atoms with Gasteiger partial charge in [-0.1, -0.05) is 36.4 Å². The molecule has 53 heavy (non-hydrogen) atoms. The van der Waals surface area contributed by atoms with Crippen LogP contribution in [0.5, 0.6) is 0 Å². The molecule has 6 aromatic carbocycles. The number of hydrogen-bond acceptors (Lipinski definition) is 4. The van der Waals surface area contributed by atoms with Crippen molar-refractivity contribution in [1.82, 2.24) is 9.13 Å². The molecule has 264 valence electrons. The molecule has 8 aromatic rings. The van der Waals surface area contributed by atoms with Crippen LogP contribution in [0.15, 0.2) is 146 Å². The molecule has 11 heteroatoms. The van der Waals surface area contributed by atoms with Crippen LogP contribution in [-0.2, 0) is 31.2 Å². The second-order valence-corrected chi connectivity index (χ2v) is 10.8. The Kier molecular flexibility index (Phi) is 14.3. The summed E-state index contributed by atoms with van der Waals surface area (Å²) in [5, 5.41) is 1.50. The molecule has 0 radical (unpaired) electrons. The number of benzene rings is 4. The summed E-state index contributed by atoms with van der Waals surface area (Å²) in [6.07, 6.45) is 0. The monoisotopic (exact) mass is 750 g/mol. The zero-order chi connectivity index (χ0) is 37.0. The van der Waals surface area contributed by atoms with Crippen molar-refractivity contribution >= 4 is 33.7 Å². The van der Waals surface area contributed by atoms with Gasteiger partial charge in [0.05, 0.1) is 14.2 Å². The summed E-state index contributed by atoms with van der Waals surface area (Å²) < 4.78 is 66.3. The summed E-state index contributed by atoms with van der Waals surface area (Å²) in [5.41, 5.74) is 1.65. The van der Waals surface area contributed by atoms with E-state index in [0.29, 0.717) is 11.0 Å². The van der Waals surface area contributed by atoms with Crippen molar-refractivity contribution < 1.29 is 58.3 Å². The summed E-state index contributed by atoms with van der Waals surface area (Å²) >= 11 is 0. The van der Waals surface area contributed by atoms with Gasteiger partial charge in [0.2, 0.25) is 0 Å². The van der Waals surface area contributed by atoms with E-state index in [1.165, 1.54) is 35.5 Å². The molecule has 2 aromatic heterocycles. The summed E-state index contributed by atoms with van der Waals surface area (Å²) in [7, 11) is 2.50. The van der Waals surface area contributed by atoms with Gasteiger partial charge in [-0.05, 0) is 46.4 Å². The van der Waals surface area contributed by atoms with Crippen LogP contribution in [0.4, 0.5) is 17.6 Å². The molecule has 0 aliphatic heterocycles. The van der Waals surface area contributed by atoms with Gasteiger partial charge in [0.1, 0.15) is 11.4 Å². The second-order valence-electron chi connectivity index (χ2n) is 10.8. The van der Waals surface area contributed by atoms with Gasteiger partial charge in [0, 0.05) is 34.3 Å². The number of para-hydroxylation sites is 2. The van der Waals surface area contributed by atoms with Crippen LogP contribution < -0.4 is 0 Å². The number of hydrogen-bond donors (Lipinski definition) is 0. The molecule has 0 aliphatic rings. The van der Waals surface area contributed by atoms with Crippen molar-refractivity contribution in [2.24, 2.45) is 0 Å². The van der Waals surface area contributed by atoms with Gasteiger partial charge in [0.15, 0.2) is 0 Å². The number of methoxy groups -OCH3 is 2. The Bertz CT molecular complexity index is 2180. The summed E-state index contributed by atoms with van der Waals surface area (Å²) in [6, 6.07) is 46.1. The van der Waals surface area contributed by atoms with E-state index in [-0.39, 0.29) is 44.5 Å². The molecule has 0 N–H and O–H groups in total. The van der Waals surface area contributed by atoms with Gasteiger partial charge in [-0.25, -0.2) is 51.4 Å². The second kappa shape index (κ2) is 19.0. The van der Waals surface area contributed by atoms with E-state index in [4.69, 9.17) is 9.47 Å². The van der Waals surface area contributed by atoms with Crippen molar-refractivity contribution in [2.75, 3.05) is 14.2 Å². The average molecular weight is 751 g/mol. The number of aromatic nitrogens is 2. The van der Waals surface area contributed by atoms with Crippen molar-refractivity contribution in [3.8, 4) is 11.4 Å². The summed E-state index contributed by atoms with van der Waals surface area (Å²) in [5.74, 6) is -4.55. The molecule has 0 saturated heterocycles. The normalized spacial score (nSPS) is 10.1. The maximum atomic E-state index is 14.0. The van der Waals surface area contributed by atoms with Crippen molar-refractivity contribution in [3.05, 3.63) is 192 Å². The summed E-state index contributed by atoms with van der Waals surface area (Å²) in [4.78, 5) is 23.8. The molecule has 0 atom stereocenters. The third-order valence-electron chi connectivity index (χ3n) is 7.49. The number of halogens is 4. The smallest absolute Gasteiger partial charge is 0.464 e. The number of rotatable bonds is 4. The predicted octanol–water partition coefficient (Wildman–Crippen LogP) is 9.80. The van der Waals surface area contributed by atoms with E-state index in [2.05, 4.69) is 0 Å². The van der Waals surface area contributed by atoms with E-state index >= 15 is 0 Å². The van der Waals surface area contributed by atoms with Gasteiger partial charge in [0.25, 0.3) is 0 Å². The van der Waals surface area contributed by atoms with Gasteiger partial charge in [-0.3, -0.25) is 0 Å². The van der Waals surface area contributed by atoms with Crippen molar-refractivity contribution in [2.45, 2.75) is 0 Å². The molecule has 0 bridgehead atoms. The third-order valence-corrected chi connectivity index (χ3v) is 7.49. The van der Waals surface area contributed by atoms with Crippen LogP contribution in [0.3, 0.4) is 0 Å². The van der Waals surface area contributed by atoms with Crippen molar-refractivity contribution in [3.63, 3.8) is 0 Å². The zero-order valence-electron chi connectivity index (χ0n) is 28.4. The van der Waals surface area contributed by atoms with Gasteiger partial charge < -0.3 is 18.6 Å². The molecule has 0 aliphatic carbocycles. The van der Waals surface area contributed by atoms with Crippen LogP contribution in [-0.4, -0.2) is 35.3 Å². The summed E-state index contributed by atoms with van der Waals surface area (Å²) in [6.45, 7) is 0. The third kappa shape index (κ3) is 9.68. The predicted molar refractivity (Wildman–Crippen MR) is 191 cm³/mol. The zero-order valence-corrected chi connectivity index (χ0v) is 30.0. The molecule has 0 fully saturated rings. The molecule has 0 unspecified atom stereocenters. The fraction of sp³-hybridized carbons (Fsp3) is 0.0476. The first-order valence-electron chi connectivity index (χ1n) is 15.7. The van der Waals surface area contributed by atoms with E-state index in [0.717, 1.165) is 22.9 Å². The Labute approximate surface area is 318 Å². The average Bonchev–Trinajstić information content (AvgIpc) is 4.00. The Morgan fingerprint density at radius 1 is 0.547 bits per heavy atom. The Hall–Kier alpha value is -5.97. The van der Waals surface area contributed by atoms with E-state index in [1.807, 2.05) is 72.8 Å². The largest absolute Gasteiger partial charge is 4.00 e. The number of nitrogens with zero attached hydrogens (tertiary/aromatic N) is 2. The van der Waals surface area contributed by atoms with Gasteiger partial charge in [-0.15, -0.1) is 36.4 Å². The fourth-order valence-electron chi connectivity index (χ4n) is 5.20. The number of esters is 2. The Morgan fingerprint density at radius 2 is 0.906 bits per heavy atom. The maximum absolute atomic E-state index is 14.0. The van der Waals surface area contributed by atoms with Crippen LogP contribution in [0.2, 0.25) is 0 Å². The first-order valence-corrected chi connectivity index (χ1v) is 15.7. The molecule has 0 saturated carbocycles. The topological polar surface area (TPSA) is 62.5 Å². The molecular formula is C42H30F4N2O4Ti. The van der Waals surface area contributed by atoms with Crippen LogP contribution in [0.25, 0.3) is 33.2 Å². The number of ether oxygens (including phenoxy) is 2. The van der Waals surface area contributed by atoms with E-state index < -0.39 is 35.2 Å². The number of fused-ring (bicyclic) bond motifs is 2. The Morgan fingerprint density at radius 3 is 1.21 bits per heavy atom. The van der Waals surface area contributed by atoms with Crippen LogP contribution >= 0.6 is 0 Å². The molecule has 0 spiro atoms. The number of carbonyl (C=O) groups excluding carboxylic acids is 2. The van der Waals surface area contributed by atoms with Crippen LogP contribution in [0.1, 0.15) is 21.0 Å². The molecule has 0 amide bonds. The quantitative estimate of drug-likeness (QED) is 0.0778. The molecule has 8 rings (SSSR count). The Balaban J connectivity index is 0.000000184. The van der Waals surface area contributed by atoms with E-state index in [9.17, 15) is 27.2 Å². The SMILES string of the molecule is COC(=O)c1cc2ccccc2n1-c1ccc(F)[c-]c1F.COC(=O)c1cc2ccccc2n1-c1ccc(F)[c-]c1F.[Ti+4].c1cc[cH-]c1.c1cc[cH-]c1. The molecule has 2 heterocycles. The minimum absolute atomic E-state index is 0. The first kappa shape index (κ1) is 39.8. The molecular weight excluding hydrogens is 720 g/mol.